The fraction of sp³-hybridized carbons (Fsp3) is 0.364. The molecule has 14 heavy (non-hydrogen) atoms. The van der Waals surface area contributed by atoms with Gasteiger partial charge in [0, 0.05) is 10.4 Å². The van der Waals surface area contributed by atoms with Crippen molar-refractivity contribution in [1.29, 1.82) is 0 Å². The van der Waals surface area contributed by atoms with Gasteiger partial charge >= 0.3 is 0 Å². The van der Waals surface area contributed by atoms with E-state index >= 15 is 0 Å². The molecule has 0 saturated heterocycles. The van der Waals surface area contributed by atoms with Gasteiger partial charge in [-0.25, -0.2) is 0 Å². The summed E-state index contributed by atoms with van der Waals surface area (Å²) in [4.78, 5) is 0. The van der Waals surface area contributed by atoms with Crippen LogP contribution in [0.4, 0.5) is 0 Å². The molecule has 1 heterocycles. The molecule has 1 fully saturated rings. The van der Waals surface area contributed by atoms with Crippen LogP contribution in [0.1, 0.15) is 25.3 Å². The number of H-pyrrole nitrogens is 1. The van der Waals surface area contributed by atoms with Crippen molar-refractivity contribution in [3.63, 3.8) is 0 Å². The number of hydrogen-bond donors (Lipinski definition) is 1. The van der Waals surface area contributed by atoms with Crippen molar-refractivity contribution in [3.05, 3.63) is 28.9 Å². The normalized spacial score (nSPS) is 18.7. The third-order valence-corrected chi connectivity index (χ3v) is 3.49. The van der Waals surface area contributed by atoms with Gasteiger partial charge in [-0.2, -0.15) is 5.10 Å². The summed E-state index contributed by atoms with van der Waals surface area (Å²) in [5.41, 5.74) is 2.61. The number of halogens is 1. The van der Waals surface area contributed by atoms with Gasteiger partial charge in [-0.3, -0.25) is 5.10 Å². The summed E-state index contributed by atoms with van der Waals surface area (Å²) in [5, 5.41) is 8.94. The molecule has 72 valence electrons. The molecule has 1 aromatic carbocycles. The van der Waals surface area contributed by atoms with E-state index in [4.69, 9.17) is 11.6 Å². The Morgan fingerprint density at radius 2 is 2.21 bits per heavy atom. The third-order valence-electron chi connectivity index (χ3n) is 3.18. The van der Waals surface area contributed by atoms with E-state index in [0.717, 1.165) is 15.9 Å². The Bertz CT molecular complexity index is 497. The maximum Gasteiger partial charge on any atom is 0.0665 e. The molecule has 1 N–H and O–H groups in total. The number of fused-ring (bicyclic) bond motifs is 1. The first-order valence-corrected chi connectivity index (χ1v) is 5.20. The van der Waals surface area contributed by atoms with E-state index in [1.54, 1.807) is 0 Å². The standard InChI is InChI=1S/C11H11ClN2/c1-11(2-3-11)8-4-7-6-13-14-10(7)5-9(8)12/h4-6H,2-3H2,1H3,(H,13,14). The molecule has 2 nitrogen and oxygen atoms in total. The maximum absolute atomic E-state index is 6.24. The van der Waals surface area contributed by atoms with E-state index < -0.39 is 0 Å². The van der Waals surface area contributed by atoms with E-state index in [-0.39, 0.29) is 0 Å². The maximum atomic E-state index is 6.24. The minimum atomic E-state index is 0.322. The summed E-state index contributed by atoms with van der Waals surface area (Å²) in [6.07, 6.45) is 4.34. The van der Waals surface area contributed by atoms with Crippen LogP contribution in [0.25, 0.3) is 10.9 Å². The lowest BCUT2D eigenvalue weighted by atomic mass is 9.97. The Morgan fingerprint density at radius 3 is 2.93 bits per heavy atom. The molecule has 3 heteroatoms. The number of rotatable bonds is 1. The van der Waals surface area contributed by atoms with E-state index in [1.807, 2.05) is 12.3 Å². The van der Waals surface area contributed by atoms with Crippen molar-refractivity contribution in [2.75, 3.05) is 0 Å². The van der Waals surface area contributed by atoms with Crippen molar-refractivity contribution in [2.45, 2.75) is 25.2 Å². The van der Waals surface area contributed by atoms with Crippen LogP contribution in [0.3, 0.4) is 0 Å². The number of aromatic amines is 1. The van der Waals surface area contributed by atoms with Gasteiger partial charge in [0.1, 0.15) is 0 Å². The highest BCUT2D eigenvalue weighted by atomic mass is 35.5. The number of hydrogen-bond acceptors (Lipinski definition) is 1. The lowest BCUT2D eigenvalue weighted by Gasteiger charge is -2.10. The summed E-state index contributed by atoms with van der Waals surface area (Å²) in [6.45, 7) is 2.26. The van der Waals surface area contributed by atoms with Gasteiger partial charge in [-0.05, 0) is 36.0 Å². The van der Waals surface area contributed by atoms with Crippen molar-refractivity contribution in [2.24, 2.45) is 0 Å². The van der Waals surface area contributed by atoms with Gasteiger partial charge in [-0.1, -0.05) is 18.5 Å². The predicted octanol–water partition coefficient (Wildman–Crippen LogP) is 3.27. The largest absolute Gasteiger partial charge is 0.278 e. The van der Waals surface area contributed by atoms with Gasteiger partial charge in [0.05, 0.1) is 11.7 Å². The predicted molar refractivity (Wildman–Crippen MR) is 57.7 cm³/mol. The van der Waals surface area contributed by atoms with Gasteiger partial charge in [0.15, 0.2) is 0 Å². The van der Waals surface area contributed by atoms with E-state index in [1.165, 1.54) is 18.4 Å². The summed E-state index contributed by atoms with van der Waals surface area (Å²) in [7, 11) is 0. The van der Waals surface area contributed by atoms with Crippen LogP contribution in [0.15, 0.2) is 18.3 Å². The van der Waals surface area contributed by atoms with Crippen molar-refractivity contribution < 1.29 is 0 Å². The third kappa shape index (κ3) is 1.07. The highest BCUT2D eigenvalue weighted by Gasteiger charge is 2.40. The van der Waals surface area contributed by atoms with Crippen LogP contribution in [0.5, 0.6) is 0 Å². The van der Waals surface area contributed by atoms with E-state index in [9.17, 15) is 0 Å². The summed E-state index contributed by atoms with van der Waals surface area (Å²) in [5.74, 6) is 0. The fourth-order valence-corrected chi connectivity index (χ4v) is 2.28. The quantitative estimate of drug-likeness (QED) is 0.762. The molecule has 1 aliphatic rings. The smallest absolute Gasteiger partial charge is 0.0665 e. The highest BCUT2D eigenvalue weighted by Crippen LogP contribution is 2.50. The minimum Gasteiger partial charge on any atom is -0.278 e. The van der Waals surface area contributed by atoms with Gasteiger partial charge < -0.3 is 0 Å². The average Bonchev–Trinajstić information content (AvgIpc) is 2.75. The van der Waals surface area contributed by atoms with Crippen molar-refractivity contribution in [1.82, 2.24) is 10.2 Å². The molecule has 1 aliphatic carbocycles. The first-order chi connectivity index (χ1) is 6.69. The van der Waals surface area contributed by atoms with Crippen molar-refractivity contribution >= 4 is 22.5 Å². The number of aromatic nitrogens is 2. The Balaban J connectivity index is 2.27. The highest BCUT2D eigenvalue weighted by molar-refractivity contribution is 6.32. The van der Waals surface area contributed by atoms with Gasteiger partial charge in [0.25, 0.3) is 0 Å². The Labute approximate surface area is 87.3 Å². The molecule has 0 bridgehead atoms. The van der Waals surface area contributed by atoms with E-state index in [2.05, 4.69) is 23.2 Å². The van der Waals surface area contributed by atoms with Crippen LogP contribution >= 0.6 is 11.6 Å². The zero-order valence-corrected chi connectivity index (χ0v) is 8.73. The van der Waals surface area contributed by atoms with Crippen LogP contribution in [0, 0.1) is 0 Å². The molecule has 1 saturated carbocycles. The second kappa shape index (κ2) is 2.51. The zero-order chi connectivity index (χ0) is 9.76. The number of nitrogens with one attached hydrogen (secondary N) is 1. The fourth-order valence-electron chi connectivity index (χ4n) is 1.88. The lowest BCUT2D eigenvalue weighted by Crippen LogP contribution is -2.00. The second-order valence-corrected chi connectivity index (χ2v) is 4.76. The molecule has 0 aliphatic heterocycles. The van der Waals surface area contributed by atoms with Crippen molar-refractivity contribution in [3.8, 4) is 0 Å². The molecular weight excluding hydrogens is 196 g/mol. The Morgan fingerprint density at radius 1 is 1.43 bits per heavy atom. The van der Waals surface area contributed by atoms with Crippen LogP contribution < -0.4 is 0 Å². The topological polar surface area (TPSA) is 28.7 Å². The molecule has 1 aromatic heterocycles. The summed E-state index contributed by atoms with van der Waals surface area (Å²) in [6, 6.07) is 4.14. The molecular formula is C11H11ClN2. The SMILES string of the molecule is CC1(c2cc3cn[nH]c3cc2Cl)CC1. The van der Waals surface area contributed by atoms with Gasteiger partial charge in [0.2, 0.25) is 0 Å². The Kier molecular flexibility index (Phi) is 1.49. The Hall–Kier alpha value is -1.02. The van der Waals surface area contributed by atoms with Crippen LogP contribution in [-0.4, -0.2) is 10.2 Å². The zero-order valence-electron chi connectivity index (χ0n) is 7.97. The lowest BCUT2D eigenvalue weighted by molar-refractivity contribution is 0.790. The molecule has 0 unspecified atom stereocenters. The summed E-state index contributed by atoms with van der Waals surface area (Å²) < 4.78 is 0. The molecule has 0 spiro atoms. The molecule has 3 rings (SSSR count). The first-order valence-electron chi connectivity index (χ1n) is 4.82. The summed E-state index contributed by atoms with van der Waals surface area (Å²) >= 11 is 6.24. The number of nitrogens with zero attached hydrogens (tertiary/aromatic N) is 1. The average molecular weight is 207 g/mol. The monoisotopic (exact) mass is 206 g/mol. The minimum absolute atomic E-state index is 0.322. The van der Waals surface area contributed by atoms with Crippen LogP contribution in [0.2, 0.25) is 5.02 Å². The van der Waals surface area contributed by atoms with Gasteiger partial charge in [-0.15, -0.1) is 0 Å². The van der Waals surface area contributed by atoms with Crippen LogP contribution in [-0.2, 0) is 5.41 Å². The number of benzene rings is 1. The molecule has 0 amide bonds. The first kappa shape index (κ1) is 8.30. The van der Waals surface area contributed by atoms with E-state index in [0.29, 0.717) is 5.41 Å². The molecule has 0 atom stereocenters. The second-order valence-electron chi connectivity index (χ2n) is 4.35. The molecule has 2 aromatic rings. The molecule has 0 radical (unpaired) electrons.